The standard InChI is InChI=1S/C18H24N4O/c1-13-14(2)20-17(16-6-3-8-19-11-16)21-18(13)22-9-4-5-15(12-22)7-10-23/h3,6,8,11,15,23H,4-5,7,9-10,12H2,1-2H3/t15-/m0/s1. The summed E-state index contributed by atoms with van der Waals surface area (Å²) >= 11 is 0. The van der Waals surface area contributed by atoms with Gasteiger partial charge in [0.1, 0.15) is 5.82 Å². The molecule has 2 aromatic rings. The summed E-state index contributed by atoms with van der Waals surface area (Å²) in [4.78, 5) is 16.0. The van der Waals surface area contributed by atoms with E-state index in [0.717, 1.165) is 54.4 Å². The van der Waals surface area contributed by atoms with Crippen LogP contribution in [0.3, 0.4) is 0 Å². The summed E-state index contributed by atoms with van der Waals surface area (Å²) in [6.45, 7) is 6.38. The van der Waals surface area contributed by atoms with Crippen LogP contribution in [0, 0.1) is 19.8 Å². The summed E-state index contributed by atoms with van der Waals surface area (Å²) in [6, 6.07) is 3.90. The van der Waals surface area contributed by atoms with Crippen LogP contribution in [0.1, 0.15) is 30.5 Å². The maximum absolute atomic E-state index is 9.22. The van der Waals surface area contributed by atoms with E-state index in [4.69, 9.17) is 4.98 Å². The van der Waals surface area contributed by atoms with Gasteiger partial charge in [-0.3, -0.25) is 4.98 Å². The molecule has 3 heterocycles. The Balaban J connectivity index is 1.93. The number of hydrogen-bond donors (Lipinski definition) is 1. The van der Waals surface area contributed by atoms with Gasteiger partial charge in [0, 0.05) is 48.9 Å². The second kappa shape index (κ2) is 7.04. The Bertz CT molecular complexity index is 658. The molecule has 0 spiro atoms. The molecule has 23 heavy (non-hydrogen) atoms. The summed E-state index contributed by atoms with van der Waals surface area (Å²) < 4.78 is 0. The Kier molecular flexibility index (Phi) is 4.86. The van der Waals surface area contributed by atoms with Gasteiger partial charge in [0.2, 0.25) is 0 Å². The number of piperidine rings is 1. The first kappa shape index (κ1) is 15.9. The number of aliphatic hydroxyl groups is 1. The predicted octanol–water partition coefficient (Wildman–Crippen LogP) is 2.75. The Morgan fingerprint density at radius 3 is 2.91 bits per heavy atom. The minimum absolute atomic E-state index is 0.265. The maximum Gasteiger partial charge on any atom is 0.163 e. The lowest BCUT2D eigenvalue weighted by Gasteiger charge is -2.34. The zero-order chi connectivity index (χ0) is 16.2. The van der Waals surface area contributed by atoms with Crippen molar-refractivity contribution in [2.75, 3.05) is 24.6 Å². The molecule has 0 amide bonds. The normalized spacial score (nSPS) is 18.2. The van der Waals surface area contributed by atoms with Crippen LogP contribution in [0.5, 0.6) is 0 Å². The molecule has 3 rings (SSSR count). The summed E-state index contributed by atoms with van der Waals surface area (Å²) in [5.74, 6) is 2.31. The number of hydrogen-bond acceptors (Lipinski definition) is 5. The van der Waals surface area contributed by atoms with Crippen LogP contribution in [0.15, 0.2) is 24.5 Å². The number of pyridine rings is 1. The highest BCUT2D eigenvalue weighted by atomic mass is 16.3. The van der Waals surface area contributed by atoms with Gasteiger partial charge in [0.15, 0.2) is 5.82 Å². The second-order valence-corrected chi connectivity index (χ2v) is 6.29. The molecule has 1 N–H and O–H groups in total. The number of aromatic nitrogens is 3. The van der Waals surface area contributed by atoms with Gasteiger partial charge >= 0.3 is 0 Å². The van der Waals surface area contributed by atoms with E-state index in [9.17, 15) is 5.11 Å². The number of rotatable bonds is 4. The highest BCUT2D eigenvalue weighted by molar-refractivity contribution is 5.59. The third kappa shape index (κ3) is 3.50. The molecular formula is C18H24N4O. The number of aliphatic hydroxyl groups excluding tert-OH is 1. The molecule has 0 aromatic carbocycles. The predicted molar refractivity (Wildman–Crippen MR) is 91.4 cm³/mol. The van der Waals surface area contributed by atoms with Crippen molar-refractivity contribution in [2.45, 2.75) is 33.1 Å². The van der Waals surface area contributed by atoms with Gasteiger partial charge in [-0.2, -0.15) is 0 Å². The van der Waals surface area contributed by atoms with Crippen LogP contribution in [-0.4, -0.2) is 39.8 Å². The first-order valence-electron chi connectivity index (χ1n) is 8.30. The quantitative estimate of drug-likeness (QED) is 0.940. The molecule has 0 radical (unpaired) electrons. The maximum atomic E-state index is 9.22. The van der Waals surface area contributed by atoms with Crippen molar-refractivity contribution in [3.8, 4) is 11.4 Å². The molecule has 1 aliphatic heterocycles. The molecule has 1 saturated heterocycles. The van der Waals surface area contributed by atoms with E-state index in [0.29, 0.717) is 5.92 Å². The fraction of sp³-hybridized carbons (Fsp3) is 0.500. The van der Waals surface area contributed by atoms with Crippen LogP contribution in [0.25, 0.3) is 11.4 Å². The monoisotopic (exact) mass is 312 g/mol. The molecule has 1 fully saturated rings. The van der Waals surface area contributed by atoms with E-state index >= 15 is 0 Å². The van der Waals surface area contributed by atoms with Gasteiger partial charge in [0.05, 0.1) is 0 Å². The Morgan fingerprint density at radius 2 is 2.17 bits per heavy atom. The smallest absolute Gasteiger partial charge is 0.163 e. The lowest BCUT2D eigenvalue weighted by molar-refractivity contribution is 0.244. The average molecular weight is 312 g/mol. The zero-order valence-corrected chi connectivity index (χ0v) is 13.9. The second-order valence-electron chi connectivity index (χ2n) is 6.29. The molecule has 1 aliphatic rings. The van der Waals surface area contributed by atoms with Crippen LogP contribution in [0.2, 0.25) is 0 Å². The van der Waals surface area contributed by atoms with Crippen molar-refractivity contribution in [1.82, 2.24) is 15.0 Å². The fourth-order valence-electron chi connectivity index (χ4n) is 3.22. The van der Waals surface area contributed by atoms with Crippen molar-refractivity contribution >= 4 is 5.82 Å². The van der Waals surface area contributed by atoms with Gasteiger partial charge in [0.25, 0.3) is 0 Å². The summed E-state index contributed by atoms with van der Waals surface area (Å²) in [6.07, 6.45) is 6.77. The topological polar surface area (TPSA) is 62.1 Å². The molecule has 5 nitrogen and oxygen atoms in total. The van der Waals surface area contributed by atoms with Gasteiger partial charge < -0.3 is 10.0 Å². The molecule has 5 heteroatoms. The molecule has 0 aliphatic carbocycles. The molecule has 122 valence electrons. The largest absolute Gasteiger partial charge is 0.396 e. The minimum atomic E-state index is 0.265. The van der Waals surface area contributed by atoms with E-state index in [1.807, 2.05) is 19.1 Å². The summed E-state index contributed by atoms with van der Waals surface area (Å²) in [7, 11) is 0. The van der Waals surface area contributed by atoms with Crippen molar-refractivity contribution in [3.05, 3.63) is 35.8 Å². The van der Waals surface area contributed by atoms with Crippen molar-refractivity contribution in [1.29, 1.82) is 0 Å². The van der Waals surface area contributed by atoms with Crippen LogP contribution >= 0.6 is 0 Å². The summed E-state index contributed by atoms with van der Waals surface area (Å²) in [5.41, 5.74) is 3.10. The van der Waals surface area contributed by atoms with E-state index in [-0.39, 0.29) is 6.61 Å². The molecule has 0 bridgehead atoms. The van der Waals surface area contributed by atoms with Crippen molar-refractivity contribution in [2.24, 2.45) is 5.92 Å². The molecule has 2 aromatic heterocycles. The summed E-state index contributed by atoms with van der Waals surface area (Å²) in [5, 5.41) is 9.22. The number of aryl methyl sites for hydroxylation is 1. The lowest BCUT2D eigenvalue weighted by atomic mass is 9.95. The van der Waals surface area contributed by atoms with Crippen LogP contribution < -0.4 is 4.90 Å². The Hall–Kier alpha value is -2.01. The van der Waals surface area contributed by atoms with Crippen molar-refractivity contribution < 1.29 is 5.11 Å². The van der Waals surface area contributed by atoms with E-state index in [2.05, 4.69) is 21.8 Å². The third-order valence-corrected chi connectivity index (χ3v) is 4.64. The fourth-order valence-corrected chi connectivity index (χ4v) is 3.22. The zero-order valence-electron chi connectivity index (χ0n) is 13.9. The lowest BCUT2D eigenvalue weighted by Crippen LogP contribution is -2.37. The van der Waals surface area contributed by atoms with Gasteiger partial charge in [-0.05, 0) is 51.2 Å². The highest BCUT2D eigenvalue weighted by Gasteiger charge is 2.23. The van der Waals surface area contributed by atoms with Gasteiger partial charge in [-0.15, -0.1) is 0 Å². The van der Waals surface area contributed by atoms with Gasteiger partial charge in [-0.25, -0.2) is 9.97 Å². The molecule has 0 unspecified atom stereocenters. The highest BCUT2D eigenvalue weighted by Crippen LogP contribution is 2.28. The van der Waals surface area contributed by atoms with Gasteiger partial charge in [-0.1, -0.05) is 0 Å². The molecule has 1 atom stereocenters. The van der Waals surface area contributed by atoms with Crippen LogP contribution in [-0.2, 0) is 0 Å². The average Bonchev–Trinajstić information content (AvgIpc) is 2.58. The van der Waals surface area contributed by atoms with E-state index in [1.54, 1.807) is 12.4 Å². The third-order valence-electron chi connectivity index (χ3n) is 4.64. The van der Waals surface area contributed by atoms with E-state index in [1.165, 1.54) is 6.42 Å². The SMILES string of the molecule is Cc1nc(-c2cccnc2)nc(N2CCC[C@@H](CCO)C2)c1C. The number of anilines is 1. The Labute approximate surface area is 137 Å². The first-order chi connectivity index (χ1) is 11.2. The first-order valence-corrected chi connectivity index (χ1v) is 8.30. The molecule has 0 saturated carbocycles. The molecular weight excluding hydrogens is 288 g/mol. The number of nitrogens with zero attached hydrogens (tertiary/aromatic N) is 4. The minimum Gasteiger partial charge on any atom is -0.396 e. The van der Waals surface area contributed by atoms with E-state index < -0.39 is 0 Å². The van der Waals surface area contributed by atoms with Crippen LogP contribution in [0.4, 0.5) is 5.82 Å². The Morgan fingerprint density at radius 1 is 1.30 bits per heavy atom. The van der Waals surface area contributed by atoms with Crippen molar-refractivity contribution in [3.63, 3.8) is 0 Å².